The van der Waals surface area contributed by atoms with E-state index in [1.54, 1.807) is 0 Å². The highest BCUT2D eigenvalue weighted by molar-refractivity contribution is 4.93. The Hall–Kier alpha value is -0.120. The predicted molar refractivity (Wildman–Crippen MR) is 63.9 cm³/mol. The number of nitrogens with two attached hydrogens (primary N) is 1. The average Bonchev–Trinajstić information content (AvgIpc) is 2.47. The fourth-order valence-electron chi connectivity index (χ4n) is 1.92. The lowest BCUT2D eigenvalue weighted by molar-refractivity contribution is 0.0884. The van der Waals surface area contributed by atoms with Crippen molar-refractivity contribution in [1.29, 1.82) is 0 Å². The molecule has 1 fully saturated rings. The minimum Gasteiger partial charge on any atom is -0.377 e. The molecule has 1 heterocycles. The van der Waals surface area contributed by atoms with Gasteiger partial charge < -0.3 is 15.8 Å². The molecule has 0 amide bonds. The van der Waals surface area contributed by atoms with Crippen molar-refractivity contribution >= 4 is 0 Å². The van der Waals surface area contributed by atoms with Crippen LogP contribution in [0.2, 0.25) is 0 Å². The van der Waals surface area contributed by atoms with Crippen LogP contribution in [-0.2, 0) is 4.74 Å². The van der Waals surface area contributed by atoms with Crippen LogP contribution in [0, 0.1) is 5.92 Å². The Morgan fingerprint density at radius 1 is 1.53 bits per heavy atom. The molecule has 3 unspecified atom stereocenters. The van der Waals surface area contributed by atoms with Crippen LogP contribution in [0.1, 0.15) is 40.5 Å². The molecule has 0 aromatic heterocycles. The zero-order chi connectivity index (χ0) is 11.5. The third-order valence-electron chi connectivity index (χ3n) is 3.75. The topological polar surface area (TPSA) is 47.3 Å². The van der Waals surface area contributed by atoms with Crippen LogP contribution in [0.3, 0.4) is 0 Å². The summed E-state index contributed by atoms with van der Waals surface area (Å²) in [5.74, 6) is 0.567. The molecule has 15 heavy (non-hydrogen) atoms. The van der Waals surface area contributed by atoms with E-state index in [1.807, 2.05) is 0 Å². The lowest BCUT2D eigenvalue weighted by Crippen LogP contribution is -2.49. The molecule has 90 valence electrons. The highest BCUT2D eigenvalue weighted by atomic mass is 16.5. The summed E-state index contributed by atoms with van der Waals surface area (Å²) in [5.41, 5.74) is 6.16. The molecule has 0 saturated carbocycles. The maximum atomic E-state index is 6.01. The quantitative estimate of drug-likeness (QED) is 0.729. The van der Waals surface area contributed by atoms with Crippen molar-refractivity contribution < 1.29 is 4.74 Å². The molecule has 0 aromatic rings. The molecule has 1 aliphatic rings. The summed E-state index contributed by atoms with van der Waals surface area (Å²) in [5, 5.41) is 3.59. The van der Waals surface area contributed by atoms with Gasteiger partial charge in [0.05, 0.1) is 6.10 Å². The number of hydrogen-bond donors (Lipinski definition) is 2. The second-order valence-electron chi connectivity index (χ2n) is 5.30. The Kier molecular flexibility index (Phi) is 4.56. The number of nitrogens with one attached hydrogen (secondary N) is 1. The smallest absolute Gasteiger partial charge is 0.0726 e. The number of ether oxygens (including phenoxy) is 1. The van der Waals surface area contributed by atoms with E-state index in [2.05, 4.69) is 33.0 Å². The first-order valence-corrected chi connectivity index (χ1v) is 6.08. The molecule has 3 N–H and O–H groups in total. The van der Waals surface area contributed by atoms with Gasteiger partial charge in [0.25, 0.3) is 0 Å². The van der Waals surface area contributed by atoms with Gasteiger partial charge >= 0.3 is 0 Å². The fourth-order valence-corrected chi connectivity index (χ4v) is 1.92. The molecular formula is C12H26N2O. The van der Waals surface area contributed by atoms with Crippen LogP contribution in [0.5, 0.6) is 0 Å². The van der Waals surface area contributed by atoms with Crippen LogP contribution in [0.25, 0.3) is 0 Å². The van der Waals surface area contributed by atoms with Gasteiger partial charge in [0.2, 0.25) is 0 Å². The fraction of sp³-hybridized carbons (Fsp3) is 1.00. The van der Waals surface area contributed by atoms with Crippen LogP contribution < -0.4 is 11.1 Å². The first-order chi connectivity index (χ1) is 6.96. The maximum Gasteiger partial charge on any atom is 0.0726 e. The normalized spacial score (nSPS) is 33.6. The summed E-state index contributed by atoms with van der Waals surface area (Å²) in [7, 11) is 0. The van der Waals surface area contributed by atoms with Gasteiger partial charge in [-0.25, -0.2) is 0 Å². The second-order valence-corrected chi connectivity index (χ2v) is 5.30. The Labute approximate surface area is 93.8 Å². The summed E-state index contributed by atoms with van der Waals surface area (Å²) in [6.45, 7) is 10.6. The molecule has 3 nitrogen and oxygen atoms in total. The molecule has 0 radical (unpaired) electrons. The Balaban J connectivity index is 2.25. The molecule has 0 spiro atoms. The van der Waals surface area contributed by atoms with Crippen molar-refractivity contribution in [2.24, 2.45) is 11.7 Å². The van der Waals surface area contributed by atoms with Crippen molar-refractivity contribution in [2.75, 3.05) is 13.2 Å². The van der Waals surface area contributed by atoms with Crippen LogP contribution >= 0.6 is 0 Å². The van der Waals surface area contributed by atoms with Crippen molar-refractivity contribution in [3.8, 4) is 0 Å². The van der Waals surface area contributed by atoms with E-state index in [0.29, 0.717) is 18.1 Å². The number of rotatable bonds is 5. The Bertz CT molecular complexity index is 196. The van der Waals surface area contributed by atoms with Crippen molar-refractivity contribution in [2.45, 2.75) is 58.2 Å². The largest absolute Gasteiger partial charge is 0.377 e. The van der Waals surface area contributed by atoms with Gasteiger partial charge in [-0.2, -0.15) is 0 Å². The van der Waals surface area contributed by atoms with Gasteiger partial charge in [-0.15, -0.1) is 0 Å². The monoisotopic (exact) mass is 214 g/mol. The molecule has 3 heteroatoms. The summed E-state index contributed by atoms with van der Waals surface area (Å²) in [6, 6.07) is 0.304. The summed E-state index contributed by atoms with van der Waals surface area (Å²) >= 11 is 0. The summed E-state index contributed by atoms with van der Waals surface area (Å²) in [4.78, 5) is 0. The van der Waals surface area contributed by atoms with Gasteiger partial charge in [-0.3, -0.25) is 0 Å². The average molecular weight is 214 g/mol. The van der Waals surface area contributed by atoms with E-state index < -0.39 is 0 Å². The molecule has 0 aromatic carbocycles. The first kappa shape index (κ1) is 12.9. The van der Waals surface area contributed by atoms with E-state index in [4.69, 9.17) is 10.5 Å². The van der Waals surface area contributed by atoms with E-state index in [1.165, 1.54) is 0 Å². The lowest BCUT2D eigenvalue weighted by atomic mass is 9.94. The zero-order valence-electron chi connectivity index (χ0n) is 10.5. The van der Waals surface area contributed by atoms with E-state index >= 15 is 0 Å². The van der Waals surface area contributed by atoms with Gasteiger partial charge in [0.1, 0.15) is 0 Å². The molecule has 1 saturated heterocycles. The summed E-state index contributed by atoms with van der Waals surface area (Å²) < 4.78 is 5.58. The van der Waals surface area contributed by atoms with E-state index in [-0.39, 0.29) is 5.54 Å². The molecule has 1 rings (SSSR count). The van der Waals surface area contributed by atoms with Crippen molar-refractivity contribution in [3.63, 3.8) is 0 Å². The minimum absolute atomic E-state index is 0.150. The third-order valence-corrected chi connectivity index (χ3v) is 3.75. The molecule has 0 aliphatic carbocycles. The molecule has 0 bridgehead atoms. The minimum atomic E-state index is 0.150. The lowest BCUT2D eigenvalue weighted by Gasteiger charge is -2.30. The maximum absolute atomic E-state index is 6.01. The van der Waals surface area contributed by atoms with Crippen LogP contribution in [0.15, 0.2) is 0 Å². The third kappa shape index (κ3) is 3.44. The molecule has 3 atom stereocenters. The molecular weight excluding hydrogens is 188 g/mol. The SMILES string of the molecule is CC(C)C(N)CCNC1(C)CCOC1C. The Morgan fingerprint density at radius 2 is 2.20 bits per heavy atom. The first-order valence-electron chi connectivity index (χ1n) is 6.08. The highest BCUT2D eigenvalue weighted by Gasteiger charge is 2.36. The van der Waals surface area contributed by atoms with Gasteiger partial charge in [0, 0.05) is 18.2 Å². The Morgan fingerprint density at radius 3 is 2.67 bits per heavy atom. The molecule has 1 aliphatic heterocycles. The second kappa shape index (κ2) is 5.28. The van der Waals surface area contributed by atoms with E-state index in [0.717, 1.165) is 26.0 Å². The van der Waals surface area contributed by atoms with Crippen molar-refractivity contribution in [1.82, 2.24) is 5.32 Å². The van der Waals surface area contributed by atoms with Crippen LogP contribution in [0.4, 0.5) is 0 Å². The van der Waals surface area contributed by atoms with Crippen molar-refractivity contribution in [3.05, 3.63) is 0 Å². The number of hydrogen-bond acceptors (Lipinski definition) is 3. The zero-order valence-corrected chi connectivity index (χ0v) is 10.5. The summed E-state index contributed by atoms with van der Waals surface area (Å²) in [6.07, 6.45) is 2.46. The standard InChI is InChI=1S/C12H26N2O/c1-9(2)11(13)5-7-14-12(4)6-8-15-10(12)3/h9-11,14H,5-8,13H2,1-4H3. The van der Waals surface area contributed by atoms with Gasteiger partial charge in [-0.05, 0) is 39.2 Å². The van der Waals surface area contributed by atoms with Crippen LogP contribution in [-0.4, -0.2) is 30.8 Å². The van der Waals surface area contributed by atoms with Gasteiger partial charge in [-0.1, -0.05) is 13.8 Å². The van der Waals surface area contributed by atoms with Gasteiger partial charge in [0.15, 0.2) is 0 Å². The van der Waals surface area contributed by atoms with E-state index in [9.17, 15) is 0 Å². The highest BCUT2D eigenvalue weighted by Crippen LogP contribution is 2.24. The predicted octanol–water partition coefficient (Wildman–Crippen LogP) is 1.52.